The molecule has 1 aromatic carbocycles. The molecule has 0 heterocycles. The van der Waals surface area contributed by atoms with Crippen molar-refractivity contribution in [3.8, 4) is 0 Å². The zero-order valence-electron chi connectivity index (χ0n) is 11.9. The molecule has 104 valence electrons. The van der Waals surface area contributed by atoms with E-state index in [0.717, 1.165) is 29.5 Å². The van der Waals surface area contributed by atoms with Gasteiger partial charge >= 0.3 is 0 Å². The van der Waals surface area contributed by atoms with E-state index < -0.39 is 0 Å². The Morgan fingerprint density at radius 2 is 1.89 bits per heavy atom. The van der Waals surface area contributed by atoms with Gasteiger partial charge in [0.2, 0.25) is 0 Å². The molecule has 3 nitrogen and oxygen atoms in total. The van der Waals surface area contributed by atoms with Crippen molar-refractivity contribution in [3.05, 3.63) is 34.9 Å². The van der Waals surface area contributed by atoms with Gasteiger partial charge in [-0.2, -0.15) is 0 Å². The Bertz CT molecular complexity index is 432. The summed E-state index contributed by atoms with van der Waals surface area (Å²) in [6.45, 7) is 4.84. The topological polar surface area (TPSA) is 40.5 Å². The number of aliphatic hydroxyl groups is 1. The van der Waals surface area contributed by atoms with E-state index in [-0.39, 0.29) is 12.5 Å². The Morgan fingerprint density at radius 3 is 2.37 bits per heavy atom. The highest BCUT2D eigenvalue weighted by Crippen LogP contribution is 2.26. The molecule has 0 atom stereocenters. The van der Waals surface area contributed by atoms with Crippen LogP contribution < -0.4 is 0 Å². The van der Waals surface area contributed by atoms with Crippen molar-refractivity contribution in [3.63, 3.8) is 0 Å². The second kappa shape index (κ2) is 6.20. The van der Waals surface area contributed by atoms with Gasteiger partial charge < -0.3 is 10.0 Å². The van der Waals surface area contributed by atoms with Gasteiger partial charge in [0.05, 0.1) is 0 Å². The minimum absolute atomic E-state index is 0.116. The van der Waals surface area contributed by atoms with Crippen molar-refractivity contribution in [2.45, 2.75) is 45.6 Å². The Morgan fingerprint density at radius 1 is 1.26 bits per heavy atom. The van der Waals surface area contributed by atoms with E-state index in [1.165, 1.54) is 6.42 Å². The summed E-state index contributed by atoms with van der Waals surface area (Å²) in [5.74, 6) is 0.116. The van der Waals surface area contributed by atoms with Crippen molar-refractivity contribution < 1.29 is 9.90 Å². The highest BCUT2D eigenvalue weighted by molar-refractivity contribution is 5.94. The summed E-state index contributed by atoms with van der Waals surface area (Å²) in [5.41, 5.74) is 3.03. The summed E-state index contributed by atoms with van der Waals surface area (Å²) in [5, 5.41) is 8.99. The minimum Gasteiger partial charge on any atom is -0.396 e. The maximum atomic E-state index is 12.6. The van der Waals surface area contributed by atoms with Crippen LogP contribution in [0, 0.1) is 13.8 Å². The molecule has 0 saturated heterocycles. The molecule has 0 aromatic heterocycles. The van der Waals surface area contributed by atoms with Gasteiger partial charge in [0.1, 0.15) is 0 Å². The number of hydrogen-bond donors (Lipinski definition) is 1. The molecule has 0 unspecified atom stereocenters. The van der Waals surface area contributed by atoms with E-state index in [1.807, 2.05) is 30.9 Å². The largest absolute Gasteiger partial charge is 0.396 e. The zero-order valence-corrected chi connectivity index (χ0v) is 11.9. The standard InChI is InChI=1S/C16H23NO2/c1-12-9-13(2)11-14(10-12)16(19)17(7-4-8-18)15-5-3-6-15/h9-11,15,18H,3-8H2,1-2H3. The summed E-state index contributed by atoms with van der Waals surface area (Å²) in [7, 11) is 0. The fraction of sp³-hybridized carbons (Fsp3) is 0.562. The van der Waals surface area contributed by atoms with Gasteiger partial charge in [-0.1, -0.05) is 17.2 Å². The highest BCUT2D eigenvalue weighted by Gasteiger charge is 2.29. The molecule has 3 heteroatoms. The maximum Gasteiger partial charge on any atom is 0.254 e. The van der Waals surface area contributed by atoms with E-state index in [0.29, 0.717) is 19.0 Å². The molecule has 1 aromatic rings. The predicted octanol–water partition coefficient (Wildman–Crippen LogP) is 2.68. The monoisotopic (exact) mass is 261 g/mol. The number of nitrogens with zero attached hydrogens (tertiary/aromatic N) is 1. The van der Waals surface area contributed by atoms with Gasteiger partial charge in [0.15, 0.2) is 0 Å². The smallest absolute Gasteiger partial charge is 0.254 e. The molecular weight excluding hydrogens is 238 g/mol. The van der Waals surface area contributed by atoms with E-state index in [1.54, 1.807) is 0 Å². The summed E-state index contributed by atoms with van der Waals surface area (Å²) in [6, 6.07) is 6.37. The fourth-order valence-electron chi connectivity index (χ4n) is 2.65. The average molecular weight is 261 g/mol. The normalized spacial score (nSPS) is 15.1. The molecule has 0 spiro atoms. The van der Waals surface area contributed by atoms with Crippen molar-refractivity contribution in [1.82, 2.24) is 4.90 Å². The van der Waals surface area contributed by atoms with Gasteiger partial charge in [0, 0.05) is 24.8 Å². The molecule has 1 aliphatic rings. The average Bonchev–Trinajstić information content (AvgIpc) is 2.29. The Balaban J connectivity index is 2.17. The lowest BCUT2D eigenvalue weighted by atomic mass is 9.90. The number of amides is 1. The summed E-state index contributed by atoms with van der Waals surface area (Å²) >= 11 is 0. The molecule has 1 fully saturated rings. The molecule has 1 aliphatic carbocycles. The van der Waals surface area contributed by atoms with Crippen LogP contribution in [0.2, 0.25) is 0 Å². The molecule has 2 rings (SSSR count). The van der Waals surface area contributed by atoms with Crippen molar-refractivity contribution in [1.29, 1.82) is 0 Å². The van der Waals surface area contributed by atoms with Crippen LogP contribution in [0.15, 0.2) is 18.2 Å². The minimum atomic E-state index is 0.116. The fourth-order valence-corrected chi connectivity index (χ4v) is 2.65. The first kappa shape index (κ1) is 14.1. The Hall–Kier alpha value is -1.35. The molecule has 19 heavy (non-hydrogen) atoms. The van der Waals surface area contributed by atoms with Crippen LogP contribution in [0.3, 0.4) is 0 Å². The van der Waals surface area contributed by atoms with Gasteiger partial charge in [-0.05, 0) is 51.7 Å². The lowest BCUT2D eigenvalue weighted by Gasteiger charge is -2.37. The quantitative estimate of drug-likeness (QED) is 0.885. The number of rotatable bonds is 5. The van der Waals surface area contributed by atoms with E-state index in [2.05, 4.69) is 6.07 Å². The van der Waals surface area contributed by atoms with E-state index in [9.17, 15) is 4.79 Å². The Labute approximate surface area is 115 Å². The lowest BCUT2D eigenvalue weighted by Crippen LogP contribution is -2.45. The molecular formula is C16H23NO2. The third kappa shape index (κ3) is 3.35. The van der Waals surface area contributed by atoms with Crippen LogP contribution in [0.4, 0.5) is 0 Å². The predicted molar refractivity (Wildman–Crippen MR) is 76.3 cm³/mol. The Kier molecular flexibility index (Phi) is 4.59. The summed E-state index contributed by atoms with van der Waals surface area (Å²) < 4.78 is 0. The lowest BCUT2D eigenvalue weighted by molar-refractivity contribution is 0.0562. The number of benzene rings is 1. The van der Waals surface area contributed by atoms with Crippen molar-refractivity contribution in [2.75, 3.05) is 13.2 Å². The van der Waals surface area contributed by atoms with Crippen molar-refractivity contribution >= 4 is 5.91 Å². The number of carbonyl (C=O) groups is 1. The van der Waals surface area contributed by atoms with Crippen LogP contribution in [0.1, 0.15) is 47.2 Å². The molecule has 0 radical (unpaired) electrons. The molecule has 0 bridgehead atoms. The van der Waals surface area contributed by atoms with E-state index in [4.69, 9.17) is 5.11 Å². The van der Waals surface area contributed by atoms with Crippen LogP contribution >= 0.6 is 0 Å². The van der Waals surface area contributed by atoms with Gasteiger partial charge in [-0.15, -0.1) is 0 Å². The van der Waals surface area contributed by atoms with Crippen LogP contribution in [-0.2, 0) is 0 Å². The van der Waals surface area contributed by atoms with Gasteiger partial charge in [-0.3, -0.25) is 4.79 Å². The second-order valence-corrected chi connectivity index (χ2v) is 5.54. The third-order valence-electron chi connectivity index (χ3n) is 3.80. The second-order valence-electron chi connectivity index (χ2n) is 5.54. The number of hydrogen-bond acceptors (Lipinski definition) is 2. The number of carbonyl (C=O) groups excluding carboxylic acids is 1. The number of aliphatic hydroxyl groups excluding tert-OH is 1. The molecule has 1 saturated carbocycles. The number of aryl methyl sites for hydroxylation is 2. The van der Waals surface area contributed by atoms with Gasteiger partial charge in [0.25, 0.3) is 5.91 Å². The van der Waals surface area contributed by atoms with E-state index >= 15 is 0 Å². The van der Waals surface area contributed by atoms with Crippen LogP contribution in [0.25, 0.3) is 0 Å². The highest BCUT2D eigenvalue weighted by atomic mass is 16.3. The summed E-state index contributed by atoms with van der Waals surface area (Å²) in [4.78, 5) is 14.6. The first-order valence-electron chi connectivity index (χ1n) is 7.12. The first-order valence-corrected chi connectivity index (χ1v) is 7.12. The van der Waals surface area contributed by atoms with Crippen molar-refractivity contribution in [2.24, 2.45) is 0 Å². The van der Waals surface area contributed by atoms with Crippen LogP contribution in [0.5, 0.6) is 0 Å². The molecule has 0 aliphatic heterocycles. The molecule has 1 N–H and O–H groups in total. The maximum absolute atomic E-state index is 12.6. The van der Waals surface area contributed by atoms with Crippen LogP contribution in [-0.4, -0.2) is 35.1 Å². The zero-order chi connectivity index (χ0) is 13.8. The third-order valence-corrected chi connectivity index (χ3v) is 3.80. The van der Waals surface area contributed by atoms with Gasteiger partial charge in [-0.25, -0.2) is 0 Å². The summed E-state index contributed by atoms with van der Waals surface area (Å²) in [6.07, 6.45) is 4.07. The first-order chi connectivity index (χ1) is 9.11. The SMILES string of the molecule is Cc1cc(C)cc(C(=O)N(CCCO)C2CCC2)c1. The molecule has 1 amide bonds.